The molecule has 0 radical (unpaired) electrons. The lowest BCUT2D eigenvalue weighted by molar-refractivity contribution is -0.125. The van der Waals surface area contributed by atoms with Gasteiger partial charge in [-0.1, -0.05) is 32.0 Å². The molecule has 0 saturated heterocycles. The van der Waals surface area contributed by atoms with Crippen molar-refractivity contribution in [3.8, 4) is 5.75 Å². The van der Waals surface area contributed by atoms with Crippen molar-refractivity contribution in [2.45, 2.75) is 38.1 Å². The van der Waals surface area contributed by atoms with Gasteiger partial charge in [0.25, 0.3) is 15.9 Å². The molecule has 0 bridgehead atoms. The number of anilines is 1. The van der Waals surface area contributed by atoms with Crippen LogP contribution in [0, 0.1) is 5.92 Å². The van der Waals surface area contributed by atoms with E-state index in [1.807, 2.05) is 32.9 Å². The summed E-state index contributed by atoms with van der Waals surface area (Å²) in [6.07, 6.45) is 0.615. The van der Waals surface area contributed by atoms with E-state index in [0.29, 0.717) is 18.7 Å². The van der Waals surface area contributed by atoms with E-state index in [1.54, 1.807) is 12.1 Å². The van der Waals surface area contributed by atoms with Crippen molar-refractivity contribution in [1.29, 1.82) is 0 Å². The Morgan fingerprint density at radius 2 is 1.84 bits per heavy atom. The zero-order chi connectivity index (χ0) is 23.5. The first-order valence-corrected chi connectivity index (χ1v) is 11.8. The molecule has 0 saturated carbocycles. The van der Waals surface area contributed by atoms with Gasteiger partial charge in [-0.3, -0.25) is 9.10 Å². The third kappa shape index (κ3) is 4.88. The molecule has 2 aromatic carbocycles. The van der Waals surface area contributed by atoms with Crippen LogP contribution in [0.1, 0.15) is 36.7 Å². The van der Waals surface area contributed by atoms with Crippen molar-refractivity contribution in [3.63, 3.8) is 0 Å². The Balaban J connectivity index is 1.81. The normalized spacial score (nSPS) is 14.1. The minimum atomic E-state index is -3.90. The van der Waals surface area contributed by atoms with E-state index in [1.165, 1.54) is 29.6 Å². The molecule has 0 aliphatic carbocycles. The number of carbonyl (C=O) groups excluding carboxylic acids is 2. The summed E-state index contributed by atoms with van der Waals surface area (Å²) in [6, 6.07) is 11.3. The molecule has 1 aliphatic heterocycles. The first-order chi connectivity index (χ1) is 15.1. The van der Waals surface area contributed by atoms with E-state index in [9.17, 15) is 18.0 Å². The van der Waals surface area contributed by atoms with Gasteiger partial charge in [-0.15, -0.1) is 0 Å². The van der Waals surface area contributed by atoms with Crippen LogP contribution in [0.2, 0.25) is 0 Å². The number of methoxy groups -OCH3 is 1. The Labute approximate surface area is 188 Å². The van der Waals surface area contributed by atoms with Crippen molar-refractivity contribution in [1.82, 2.24) is 5.32 Å². The largest absolute Gasteiger partial charge is 0.496 e. The number of esters is 1. The lowest BCUT2D eigenvalue weighted by Gasteiger charge is -2.20. The Morgan fingerprint density at radius 1 is 1.12 bits per heavy atom. The summed E-state index contributed by atoms with van der Waals surface area (Å²) < 4.78 is 38.2. The van der Waals surface area contributed by atoms with Crippen LogP contribution >= 0.6 is 0 Å². The van der Waals surface area contributed by atoms with Crippen LogP contribution in [0.5, 0.6) is 5.75 Å². The van der Waals surface area contributed by atoms with Gasteiger partial charge < -0.3 is 14.8 Å². The monoisotopic (exact) mass is 460 g/mol. The van der Waals surface area contributed by atoms with Gasteiger partial charge in [0, 0.05) is 12.6 Å². The molecule has 0 fully saturated rings. The highest BCUT2D eigenvalue weighted by molar-refractivity contribution is 7.92. The molecule has 9 heteroatoms. The second-order valence-electron chi connectivity index (χ2n) is 7.99. The van der Waals surface area contributed by atoms with Gasteiger partial charge in [0.2, 0.25) is 0 Å². The maximum Gasteiger partial charge on any atom is 0.342 e. The second-order valence-corrected chi connectivity index (χ2v) is 9.86. The molecule has 1 unspecified atom stereocenters. The molecule has 32 heavy (non-hydrogen) atoms. The van der Waals surface area contributed by atoms with Crippen LogP contribution < -0.4 is 14.4 Å². The first kappa shape index (κ1) is 23.6. The van der Waals surface area contributed by atoms with Crippen LogP contribution in [0.25, 0.3) is 0 Å². The molecule has 0 spiro atoms. The van der Waals surface area contributed by atoms with Crippen molar-refractivity contribution >= 4 is 27.6 Å². The SMILES string of the molecule is COc1ccc(S(=O)(=O)N2CCc3ccccc32)cc1C(=O)OCC(=O)NC(C)C(C)C. The van der Waals surface area contributed by atoms with Crippen LogP contribution in [0.15, 0.2) is 47.4 Å². The fourth-order valence-electron chi connectivity index (χ4n) is 3.36. The molecular formula is C23H28N2O6S. The lowest BCUT2D eigenvalue weighted by Crippen LogP contribution is -2.38. The average Bonchev–Trinajstić information content (AvgIpc) is 3.22. The van der Waals surface area contributed by atoms with E-state index in [-0.39, 0.29) is 28.2 Å². The summed E-state index contributed by atoms with van der Waals surface area (Å²) in [6.45, 7) is 5.63. The number of nitrogens with one attached hydrogen (secondary N) is 1. The zero-order valence-electron chi connectivity index (χ0n) is 18.6. The van der Waals surface area contributed by atoms with Crippen LogP contribution in [-0.4, -0.2) is 46.6 Å². The van der Waals surface area contributed by atoms with E-state index < -0.39 is 28.5 Å². The highest BCUT2D eigenvalue weighted by atomic mass is 32.2. The molecule has 3 rings (SSSR count). The summed E-state index contributed by atoms with van der Waals surface area (Å²) in [4.78, 5) is 24.6. The summed E-state index contributed by atoms with van der Waals surface area (Å²) in [7, 11) is -2.53. The Hall–Kier alpha value is -3.07. The first-order valence-electron chi connectivity index (χ1n) is 10.4. The summed E-state index contributed by atoms with van der Waals surface area (Å²) in [5, 5.41) is 2.75. The number of hydrogen-bond acceptors (Lipinski definition) is 6. The fraction of sp³-hybridized carbons (Fsp3) is 0.391. The maximum absolute atomic E-state index is 13.3. The minimum absolute atomic E-state index is 0.0557. The quantitative estimate of drug-likeness (QED) is 0.608. The topological polar surface area (TPSA) is 102 Å². The predicted molar refractivity (Wildman–Crippen MR) is 120 cm³/mol. The van der Waals surface area contributed by atoms with Gasteiger partial charge in [0.1, 0.15) is 11.3 Å². The van der Waals surface area contributed by atoms with Crippen LogP contribution in [-0.2, 0) is 26.0 Å². The van der Waals surface area contributed by atoms with Crippen molar-refractivity contribution < 1.29 is 27.5 Å². The standard InChI is InChI=1S/C23H28N2O6S/c1-15(2)16(3)24-22(26)14-31-23(27)19-13-18(9-10-21(19)30-4)32(28,29)25-12-11-17-7-5-6-8-20(17)25/h5-10,13,15-16H,11-12,14H2,1-4H3,(H,24,26). The highest BCUT2D eigenvalue weighted by Crippen LogP contribution is 2.34. The van der Waals surface area contributed by atoms with Gasteiger partial charge in [-0.2, -0.15) is 0 Å². The molecule has 172 valence electrons. The molecular weight excluding hydrogens is 432 g/mol. The van der Waals surface area contributed by atoms with Gasteiger partial charge in [0.15, 0.2) is 6.61 Å². The minimum Gasteiger partial charge on any atom is -0.496 e. The average molecular weight is 461 g/mol. The molecule has 1 heterocycles. The molecule has 1 atom stereocenters. The third-order valence-corrected chi connectivity index (χ3v) is 7.36. The van der Waals surface area contributed by atoms with E-state index in [2.05, 4.69) is 5.32 Å². The number of benzene rings is 2. The number of fused-ring (bicyclic) bond motifs is 1. The van der Waals surface area contributed by atoms with Gasteiger partial charge in [-0.25, -0.2) is 13.2 Å². The number of sulfonamides is 1. The third-order valence-electron chi connectivity index (χ3n) is 5.55. The Bertz CT molecular complexity index is 1110. The molecule has 1 aliphatic rings. The van der Waals surface area contributed by atoms with Gasteiger partial charge in [0.05, 0.1) is 17.7 Å². The number of amides is 1. The Kier molecular flexibility index (Phi) is 7.08. The van der Waals surface area contributed by atoms with Crippen LogP contribution in [0.4, 0.5) is 5.69 Å². The molecule has 2 aromatic rings. The van der Waals surface area contributed by atoms with Crippen molar-refractivity contribution in [2.24, 2.45) is 5.92 Å². The van der Waals surface area contributed by atoms with E-state index in [4.69, 9.17) is 9.47 Å². The molecule has 0 aromatic heterocycles. The number of carbonyl (C=O) groups is 2. The second kappa shape index (κ2) is 9.60. The van der Waals surface area contributed by atoms with Crippen LogP contribution in [0.3, 0.4) is 0 Å². The van der Waals surface area contributed by atoms with E-state index in [0.717, 1.165) is 5.56 Å². The highest BCUT2D eigenvalue weighted by Gasteiger charge is 2.32. The van der Waals surface area contributed by atoms with Gasteiger partial charge in [-0.05, 0) is 49.1 Å². The van der Waals surface area contributed by atoms with Crippen molar-refractivity contribution in [3.05, 3.63) is 53.6 Å². The number of nitrogens with zero attached hydrogens (tertiary/aromatic N) is 1. The van der Waals surface area contributed by atoms with Crippen molar-refractivity contribution in [2.75, 3.05) is 24.6 Å². The number of para-hydroxylation sites is 1. The summed E-state index contributed by atoms with van der Waals surface area (Å²) in [5.74, 6) is -0.886. The summed E-state index contributed by atoms with van der Waals surface area (Å²) >= 11 is 0. The Morgan fingerprint density at radius 3 is 2.53 bits per heavy atom. The number of rotatable bonds is 8. The number of hydrogen-bond donors (Lipinski definition) is 1. The van der Waals surface area contributed by atoms with E-state index >= 15 is 0 Å². The smallest absolute Gasteiger partial charge is 0.342 e. The number of ether oxygens (including phenoxy) is 2. The maximum atomic E-state index is 13.3. The molecule has 1 amide bonds. The molecule has 1 N–H and O–H groups in total. The fourth-order valence-corrected chi connectivity index (χ4v) is 4.89. The zero-order valence-corrected chi connectivity index (χ0v) is 19.4. The van der Waals surface area contributed by atoms with Gasteiger partial charge >= 0.3 is 5.97 Å². The summed E-state index contributed by atoms with van der Waals surface area (Å²) in [5.41, 5.74) is 1.51. The predicted octanol–water partition coefficient (Wildman–Crippen LogP) is 2.76. The lowest BCUT2D eigenvalue weighted by atomic mass is 10.1. The molecule has 8 nitrogen and oxygen atoms in total.